The molecular weight excluding hydrogens is 206 g/mol. The van der Waals surface area contributed by atoms with Crippen molar-refractivity contribution >= 4 is 17.3 Å². The first-order valence-electron chi connectivity index (χ1n) is 5.88. The molecule has 1 unspecified atom stereocenters. The van der Waals surface area contributed by atoms with E-state index in [4.69, 9.17) is 12.2 Å². The van der Waals surface area contributed by atoms with Crippen LogP contribution in [0.4, 0.5) is 0 Å². The summed E-state index contributed by atoms with van der Waals surface area (Å²) < 4.78 is 0. The van der Waals surface area contributed by atoms with Gasteiger partial charge in [-0.3, -0.25) is 0 Å². The van der Waals surface area contributed by atoms with E-state index in [2.05, 4.69) is 36.0 Å². The molecule has 88 valence electrons. The molecule has 0 saturated carbocycles. The highest BCUT2D eigenvalue weighted by molar-refractivity contribution is 7.80. The lowest BCUT2D eigenvalue weighted by Gasteiger charge is -2.30. The van der Waals surface area contributed by atoms with Crippen LogP contribution in [-0.4, -0.2) is 54.2 Å². The van der Waals surface area contributed by atoms with Crippen molar-refractivity contribution in [1.82, 2.24) is 15.1 Å². The summed E-state index contributed by atoms with van der Waals surface area (Å²) in [6, 6.07) is 0.523. The van der Waals surface area contributed by atoms with Gasteiger partial charge in [0.05, 0.1) is 0 Å². The van der Waals surface area contributed by atoms with Crippen LogP contribution in [0.25, 0.3) is 0 Å². The molecule has 0 aliphatic carbocycles. The van der Waals surface area contributed by atoms with Crippen molar-refractivity contribution in [2.45, 2.75) is 32.7 Å². The summed E-state index contributed by atoms with van der Waals surface area (Å²) in [5, 5.41) is 4.24. The van der Waals surface area contributed by atoms with Gasteiger partial charge in [-0.2, -0.15) is 0 Å². The highest BCUT2D eigenvalue weighted by Gasteiger charge is 2.20. The maximum absolute atomic E-state index is 5.41. The molecule has 0 amide bonds. The van der Waals surface area contributed by atoms with Crippen molar-refractivity contribution < 1.29 is 0 Å². The second-order valence-electron chi connectivity index (χ2n) is 4.39. The van der Waals surface area contributed by atoms with Crippen molar-refractivity contribution in [1.29, 1.82) is 0 Å². The second-order valence-corrected chi connectivity index (χ2v) is 4.78. The number of hydrogen-bond acceptors (Lipinski definition) is 2. The molecule has 1 N–H and O–H groups in total. The predicted octanol–water partition coefficient (Wildman–Crippen LogP) is 1.30. The fraction of sp³-hybridized carbons (Fsp3) is 0.909. The van der Waals surface area contributed by atoms with Crippen LogP contribution in [-0.2, 0) is 0 Å². The highest BCUT2D eigenvalue weighted by atomic mass is 32.1. The Bertz CT molecular complexity index is 208. The Morgan fingerprint density at radius 2 is 2.20 bits per heavy atom. The Kier molecular flexibility index (Phi) is 5.32. The van der Waals surface area contributed by atoms with E-state index in [1.165, 1.54) is 13.0 Å². The largest absolute Gasteiger partial charge is 0.363 e. The van der Waals surface area contributed by atoms with Crippen molar-refractivity contribution in [2.24, 2.45) is 0 Å². The predicted molar refractivity (Wildman–Crippen MR) is 69.2 cm³/mol. The van der Waals surface area contributed by atoms with E-state index in [-0.39, 0.29) is 0 Å². The first-order valence-corrected chi connectivity index (χ1v) is 6.29. The van der Waals surface area contributed by atoms with Gasteiger partial charge in [0.2, 0.25) is 0 Å². The van der Waals surface area contributed by atoms with Crippen LogP contribution in [0, 0.1) is 0 Å². The van der Waals surface area contributed by atoms with Gasteiger partial charge in [-0.15, -0.1) is 0 Å². The standard InChI is InChI=1S/C11H23N3S/c1-4-6-12-11(15)14-8-5-7-13(3)9-10(14)2/h10H,4-9H2,1-3H3,(H,12,15). The van der Waals surface area contributed by atoms with Crippen LogP contribution < -0.4 is 5.32 Å². The Morgan fingerprint density at radius 1 is 1.47 bits per heavy atom. The molecule has 15 heavy (non-hydrogen) atoms. The lowest BCUT2D eigenvalue weighted by atomic mass is 10.3. The summed E-state index contributed by atoms with van der Waals surface area (Å²) in [5.74, 6) is 0. The van der Waals surface area contributed by atoms with E-state index in [9.17, 15) is 0 Å². The summed E-state index contributed by atoms with van der Waals surface area (Å²) in [7, 11) is 2.18. The molecule has 0 aromatic rings. The van der Waals surface area contributed by atoms with Crippen molar-refractivity contribution in [2.75, 3.05) is 33.2 Å². The quantitative estimate of drug-likeness (QED) is 0.719. The topological polar surface area (TPSA) is 18.5 Å². The molecule has 0 aromatic heterocycles. The average Bonchev–Trinajstić information content (AvgIpc) is 2.35. The van der Waals surface area contributed by atoms with Crippen LogP contribution in [0.1, 0.15) is 26.7 Å². The first-order chi connectivity index (χ1) is 7.15. The molecule has 1 aliphatic rings. The third-order valence-corrected chi connectivity index (χ3v) is 3.21. The number of likely N-dealkylation sites (N-methyl/N-ethyl adjacent to an activating group) is 1. The SMILES string of the molecule is CCCNC(=S)N1CCCN(C)CC1C. The molecule has 1 saturated heterocycles. The highest BCUT2D eigenvalue weighted by Crippen LogP contribution is 2.08. The van der Waals surface area contributed by atoms with Crippen LogP contribution in [0.5, 0.6) is 0 Å². The summed E-state index contributed by atoms with van der Waals surface area (Å²) in [4.78, 5) is 4.71. The molecule has 1 atom stereocenters. The zero-order valence-corrected chi connectivity index (χ0v) is 10.9. The zero-order chi connectivity index (χ0) is 11.3. The van der Waals surface area contributed by atoms with Gasteiger partial charge in [0, 0.05) is 25.7 Å². The number of hydrogen-bond donors (Lipinski definition) is 1. The summed E-state index contributed by atoms with van der Waals surface area (Å²) in [5.41, 5.74) is 0. The maximum atomic E-state index is 5.41. The van der Waals surface area contributed by atoms with Gasteiger partial charge in [-0.1, -0.05) is 6.92 Å². The van der Waals surface area contributed by atoms with E-state index in [1.54, 1.807) is 0 Å². The van der Waals surface area contributed by atoms with Crippen LogP contribution in [0.2, 0.25) is 0 Å². The molecule has 1 fully saturated rings. The zero-order valence-electron chi connectivity index (χ0n) is 10.1. The van der Waals surface area contributed by atoms with E-state index in [0.29, 0.717) is 6.04 Å². The van der Waals surface area contributed by atoms with Gasteiger partial charge in [-0.25, -0.2) is 0 Å². The molecule has 1 rings (SSSR count). The normalized spacial score (nSPS) is 23.7. The fourth-order valence-corrected chi connectivity index (χ4v) is 2.38. The van der Waals surface area contributed by atoms with Crippen molar-refractivity contribution in [3.05, 3.63) is 0 Å². The molecule has 1 aliphatic heterocycles. The number of thiocarbonyl (C=S) groups is 1. The van der Waals surface area contributed by atoms with Gasteiger partial charge in [0.1, 0.15) is 0 Å². The van der Waals surface area contributed by atoms with Crippen molar-refractivity contribution in [3.63, 3.8) is 0 Å². The fourth-order valence-electron chi connectivity index (χ4n) is 2.01. The number of nitrogens with one attached hydrogen (secondary N) is 1. The lowest BCUT2D eigenvalue weighted by Crippen LogP contribution is -2.47. The monoisotopic (exact) mass is 229 g/mol. The Balaban J connectivity index is 2.47. The molecule has 4 heteroatoms. The third-order valence-electron chi connectivity index (χ3n) is 2.83. The van der Waals surface area contributed by atoms with E-state index >= 15 is 0 Å². The lowest BCUT2D eigenvalue weighted by molar-refractivity contribution is 0.283. The minimum atomic E-state index is 0.523. The van der Waals surface area contributed by atoms with Crippen LogP contribution in [0.15, 0.2) is 0 Å². The summed E-state index contributed by atoms with van der Waals surface area (Å²) >= 11 is 5.41. The molecule has 0 aromatic carbocycles. The first kappa shape index (κ1) is 12.7. The average molecular weight is 229 g/mol. The van der Waals surface area contributed by atoms with Gasteiger partial charge in [-0.05, 0) is 45.6 Å². The van der Waals surface area contributed by atoms with Gasteiger partial charge < -0.3 is 15.1 Å². The molecular formula is C11H23N3S. The van der Waals surface area contributed by atoms with E-state index < -0.39 is 0 Å². The number of rotatable bonds is 2. The molecule has 0 radical (unpaired) electrons. The molecule has 3 nitrogen and oxygen atoms in total. The maximum Gasteiger partial charge on any atom is 0.169 e. The van der Waals surface area contributed by atoms with Crippen LogP contribution in [0.3, 0.4) is 0 Å². The van der Waals surface area contributed by atoms with Gasteiger partial charge in [0.15, 0.2) is 5.11 Å². The summed E-state index contributed by atoms with van der Waals surface area (Å²) in [6.45, 7) is 8.76. The van der Waals surface area contributed by atoms with Crippen LogP contribution >= 0.6 is 12.2 Å². The number of nitrogens with zero attached hydrogens (tertiary/aromatic N) is 2. The van der Waals surface area contributed by atoms with Gasteiger partial charge >= 0.3 is 0 Å². The Labute approximate surface area is 98.8 Å². The minimum Gasteiger partial charge on any atom is -0.363 e. The molecule has 0 spiro atoms. The Morgan fingerprint density at radius 3 is 2.87 bits per heavy atom. The van der Waals surface area contributed by atoms with Gasteiger partial charge in [0.25, 0.3) is 0 Å². The third kappa shape index (κ3) is 3.95. The second kappa shape index (κ2) is 6.28. The van der Waals surface area contributed by atoms with E-state index in [0.717, 1.165) is 31.2 Å². The molecule has 1 heterocycles. The summed E-state index contributed by atoms with van der Waals surface area (Å²) in [6.07, 6.45) is 2.33. The smallest absolute Gasteiger partial charge is 0.169 e. The Hall–Kier alpha value is -0.350. The molecule has 0 bridgehead atoms. The minimum absolute atomic E-state index is 0.523. The van der Waals surface area contributed by atoms with Crippen molar-refractivity contribution in [3.8, 4) is 0 Å². The van der Waals surface area contributed by atoms with E-state index in [1.807, 2.05) is 0 Å².